The van der Waals surface area contributed by atoms with Gasteiger partial charge in [-0.1, -0.05) is 278 Å². The standard InChI is InChI=1S/C116H96O14/c1(11-31-87-49-29-51-103(53-87)117-81-97-55-113(127-83-99-59-105(119-73-89-33-13-3-14-34-89)67-106(60-99)120-74-90-35-15-4-16-36-90)71-114(56-97)128-84-100-61-107(121-75-91-37-17-5-18-38-91)68-108(62-100)122-76-92-39-19-6-20-40-92)2-12-32-88-50-30-52-104(54-88)118-82-98-57-115(129-85-101-63-109(123-77-93-41-21-7-22-42-93)69-110(64-101)124-78-94-43-23-8-24-44-94)72-116(58-98)130-86-102-65-111(125-79-95-45-25-9-26-46-95)70-112(66-102)126-80-96-47-27-10-28-48-96/h1-10,13-30,33-72H,73-86H2/b2-1+. The summed E-state index contributed by atoms with van der Waals surface area (Å²) < 4.78 is 91.0. The molecule has 16 aromatic carbocycles. The molecule has 0 saturated carbocycles. The predicted octanol–water partition coefficient (Wildman–Crippen LogP) is 25.8. The Bertz CT molecular complexity index is 5480. The average Bonchev–Trinajstić information content (AvgIpc) is 0.842. The largest absolute Gasteiger partial charge is 0.489 e. The minimum atomic E-state index is 0.180. The van der Waals surface area contributed by atoms with Crippen LogP contribution < -0.4 is 66.3 Å². The van der Waals surface area contributed by atoms with E-state index < -0.39 is 0 Å². The van der Waals surface area contributed by atoms with E-state index in [1.54, 1.807) is 12.2 Å². The van der Waals surface area contributed by atoms with Crippen LogP contribution in [0.3, 0.4) is 0 Å². The van der Waals surface area contributed by atoms with Gasteiger partial charge in [-0.3, -0.25) is 0 Å². The second-order valence-corrected chi connectivity index (χ2v) is 30.7. The topological polar surface area (TPSA) is 129 Å². The minimum Gasteiger partial charge on any atom is -0.489 e. The Morgan fingerprint density at radius 3 is 0.438 bits per heavy atom. The van der Waals surface area contributed by atoms with Gasteiger partial charge >= 0.3 is 0 Å². The summed E-state index contributed by atoms with van der Waals surface area (Å²) in [6, 6.07) is 131. The normalized spacial score (nSPS) is 10.7. The third-order valence-electron chi connectivity index (χ3n) is 20.4. The Morgan fingerprint density at radius 2 is 0.277 bits per heavy atom. The highest BCUT2D eigenvalue weighted by molar-refractivity contribution is 5.49. The van der Waals surface area contributed by atoms with Crippen molar-refractivity contribution in [2.75, 3.05) is 0 Å². The van der Waals surface area contributed by atoms with Crippen LogP contribution in [-0.2, 0) is 92.5 Å². The fraction of sp³-hybridized carbons (Fsp3) is 0.121. The van der Waals surface area contributed by atoms with Crippen LogP contribution in [0, 0.1) is 23.7 Å². The van der Waals surface area contributed by atoms with E-state index >= 15 is 0 Å². The Morgan fingerprint density at radius 1 is 0.131 bits per heavy atom. The summed E-state index contributed by atoms with van der Waals surface area (Å²) >= 11 is 0. The van der Waals surface area contributed by atoms with Gasteiger partial charge in [0.05, 0.1) is 0 Å². The second kappa shape index (κ2) is 46.5. The third-order valence-corrected chi connectivity index (χ3v) is 20.4. The molecule has 0 aliphatic heterocycles. The zero-order valence-electron chi connectivity index (χ0n) is 71.9. The summed E-state index contributed by atoms with van der Waals surface area (Å²) in [4.78, 5) is 0. The molecular formula is C116H96O14. The Hall–Kier alpha value is -16.4. The van der Waals surface area contributed by atoms with E-state index in [0.717, 1.165) is 89.0 Å². The number of hydrogen-bond acceptors (Lipinski definition) is 14. The lowest BCUT2D eigenvalue weighted by Crippen LogP contribution is -2.04. The summed E-state index contributed by atoms with van der Waals surface area (Å²) in [5.41, 5.74) is 14.9. The highest BCUT2D eigenvalue weighted by Gasteiger charge is 2.16. The van der Waals surface area contributed by atoms with Crippen LogP contribution in [0.2, 0.25) is 0 Å². The molecule has 644 valence electrons. The van der Waals surface area contributed by atoms with E-state index in [2.05, 4.69) is 23.7 Å². The van der Waals surface area contributed by atoms with E-state index in [1.165, 1.54) is 0 Å². The van der Waals surface area contributed by atoms with Gasteiger partial charge in [0, 0.05) is 47.5 Å². The van der Waals surface area contributed by atoms with Gasteiger partial charge in [0.1, 0.15) is 173 Å². The molecule has 0 atom stereocenters. The maximum Gasteiger partial charge on any atom is 0.123 e. The lowest BCUT2D eigenvalue weighted by atomic mass is 10.1. The highest BCUT2D eigenvalue weighted by atomic mass is 16.5. The molecule has 16 aromatic rings. The van der Waals surface area contributed by atoms with Gasteiger partial charge in [-0.2, -0.15) is 0 Å². The van der Waals surface area contributed by atoms with Crippen molar-refractivity contribution in [2.24, 2.45) is 0 Å². The first kappa shape index (κ1) is 87.1. The van der Waals surface area contributed by atoms with Crippen LogP contribution in [-0.4, -0.2) is 0 Å². The fourth-order valence-electron chi connectivity index (χ4n) is 13.9. The molecule has 130 heavy (non-hydrogen) atoms. The Labute approximate surface area is 759 Å². The van der Waals surface area contributed by atoms with Crippen molar-refractivity contribution in [1.82, 2.24) is 0 Å². The van der Waals surface area contributed by atoms with Crippen molar-refractivity contribution in [2.45, 2.75) is 92.5 Å². The number of benzene rings is 16. The van der Waals surface area contributed by atoms with Crippen molar-refractivity contribution in [3.8, 4) is 104 Å². The summed E-state index contributed by atoms with van der Waals surface area (Å²) in [6.07, 6.45) is 3.46. The third kappa shape index (κ3) is 28.6. The molecule has 16 rings (SSSR count). The molecule has 14 nitrogen and oxygen atoms in total. The molecule has 0 spiro atoms. The van der Waals surface area contributed by atoms with Crippen molar-refractivity contribution in [3.63, 3.8) is 0 Å². The van der Waals surface area contributed by atoms with Gasteiger partial charge in [-0.15, -0.1) is 0 Å². The van der Waals surface area contributed by atoms with E-state index in [1.807, 2.05) is 400 Å². The van der Waals surface area contributed by atoms with Gasteiger partial charge in [-0.25, -0.2) is 0 Å². The van der Waals surface area contributed by atoms with E-state index in [0.29, 0.717) is 133 Å². The SMILES string of the molecule is C(#Cc1cccc(OCc2cc(OCc3cc(OCc4ccccc4)cc(OCc4ccccc4)c3)cc(OCc3cc(OCc4ccccc4)cc(OCc4ccccc4)c3)c2)c1)/C=C/C#Cc1cccc(OCc2cc(OCc3cc(OCc4ccccc4)cc(OCc4ccccc4)c3)cc(OCc3cc(OCc4ccccc4)cc(OCc4ccccc4)c3)c2)c1. The zero-order valence-corrected chi connectivity index (χ0v) is 71.9. The van der Waals surface area contributed by atoms with Gasteiger partial charge in [0.25, 0.3) is 0 Å². The number of ether oxygens (including phenoxy) is 14. The van der Waals surface area contributed by atoms with Crippen LogP contribution in [0.5, 0.6) is 80.5 Å². The van der Waals surface area contributed by atoms with Crippen LogP contribution in [0.1, 0.15) is 89.0 Å². The van der Waals surface area contributed by atoms with Gasteiger partial charge < -0.3 is 66.3 Å². The molecule has 0 aliphatic rings. The molecule has 0 aromatic heterocycles. The fourth-order valence-corrected chi connectivity index (χ4v) is 13.9. The predicted molar refractivity (Wildman–Crippen MR) is 507 cm³/mol. The molecule has 0 N–H and O–H groups in total. The summed E-state index contributed by atoms with van der Waals surface area (Å²) in [6.45, 7) is 4.17. The molecule has 14 heteroatoms. The molecule has 0 heterocycles. The molecule has 0 radical (unpaired) electrons. The lowest BCUT2D eigenvalue weighted by Gasteiger charge is -2.16. The average molecular weight is 1710 g/mol. The van der Waals surface area contributed by atoms with E-state index in [4.69, 9.17) is 66.3 Å². The smallest absolute Gasteiger partial charge is 0.123 e. The zero-order chi connectivity index (χ0) is 88.0. The summed E-state index contributed by atoms with van der Waals surface area (Å²) in [5, 5.41) is 0. The molecular weight excluding hydrogens is 1620 g/mol. The highest BCUT2D eigenvalue weighted by Crippen LogP contribution is 2.35. The quantitative estimate of drug-likeness (QED) is 0.0337. The number of allylic oxidation sites excluding steroid dienone is 2. The van der Waals surface area contributed by atoms with Crippen molar-refractivity contribution < 1.29 is 66.3 Å². The number of rotatable bonds is 42. The minimum absolute atomic E-state index is 0.180. The molecule has 0 bridgehead atoms. The van der Waals surface area contributed by atoms with Gasteiger partial charge in [-0.05, 0) is 199 Å². The maximum atomic E-state index is 6.70. The molecule has 0 unspecified atom stereocenters. The molecule has 0 fully saturated rings. The lowest BCUT2D eigenvalue weighted by molar-refractivity contribution is 0.273. The second-order valence-electron chi connectivity index (χ2n) is 30.7. The van der Waals surface area contributed by atoms with Crippen LogP contribution in [0.15, 0.2) is 413 Å². The van der Waals surface area contributed by atoms with Crippen molar-refractivity contribution >= 4 is 0 Å². The van der Waals surface area contributed by atoms with Crippen molar-refractivity contribution in [3.05, 3.63) is 502 Å². The monoisotopic (exact) mass is 1710 g/mol. The van der Waals surface area contributed by atoms with Gasteiger partial charge in [0.15, 0.2) is 0 Å². The Kier molecular flexibility index (Phi) is 31.2. The van der Waals surface area contributed by atoms with E-state index in [-0.39, 0.29) is 39.6 Å². The molecule has 0 saturated heterocycles. The summed E-state index contributed by atoms with van der Waals surface area (Å²) in [5.74, 6) is 21.5. The number of hydrogen-bond donors (Lipinski definition) is 0. The van der Waals surface area contributed by atoms with Crippen LogP contribution in [0.25, 0.3) is 0 Å². The summed E-state index contributed by atoms with van der Waals surface area (Å²) in [7, 11) is 0. The van der Waals surface area contributed by atoms with Crippen LogP contribution >= 0.6 is 0 Å². The first-order valence-electron chi connectivity index (χ1n) is 43.1. The van der Waals surface area contributed by atoms with E-state index in [9.17, 15) is 0 Å². The Balaban J connectivity index is 0.598. The van der Waals surface area contributed by atoms with Crippen molar-refractivity contribution in [1.29, 1.82) is 0 Å². The van der Waals surface area contributed by atoms with Gasteiger partial charge in [0.2, 0.25) is 0 Å². The molecule has 0 aliphatic carbocycles. The first-order chi connectivity index (χ1) is 64.2. The molecule has 0 amide bonds. The first-order valence-corrected chi connectivity index (χ1v) is 43.1. The van der Waals surface area contributed by atoms with Crippen LogP contribution in [0.4, 0.5) is 0 Å². The maximum absolute atomic E-state index is 6.70.